The summed E-state index contributed by atoms with van der Waals surface area (Å²) in [6.45, 7) is 5.88. The van der Waals surface area contributed by atoms with Crippen LogP contribution in [0.1, 0.15) is 28.0 Å². The smallest absolute Gasteiger partial charge is 0.159 e. The van der Waals surface area contributed by atoms with Gasteiger partial charge in [0.2, 0.25) is 0 Å². The van der Waals surface area contributed by atoms with Crippen molar-refractivity contribution in [3.05, 3.63) is 15.7 Å². The first-order chi connectivity index (χ1) is 7.08. The Labute approximate surface area is 101 Å². The lowest BCUT2D eigenvalue weighted by molar-refractivity contribution is 0.962. The summed E-state index contributed by atoms with van der Waals surface area (Å²) in [7, 11) is 0. The minimum atomic E-state index is -0.0782. The number of aryl methyl sites for hydroxylation is 2. The number of nitrogens with zero attached hydrogens (tertiary/aromatic N) is 3. The lowest BCUT2D eigenvalue weighted by Gasteiger charge is -1.91. The van der Waals surface area contributed by atoms with Crippen LogP contribution >= 0.6 is 34.3 Å². The summed E-state index contributed by atoms with van der Waals surface area (Å²) in [5.74, 6) is 0. The van der Waals surface area contributed by atoms with Gasteiger partial charge in [0.15, 0.2) is 5.01 Å². The van der Waals surface area contributed by atoms with E-state index in [0.717, 1.165) is 25.6 Å². The van der Waals surface area contributed by atoms with Crippen molar-refractivity contribution in [2.24, 2.45) is 0 Å². The van der Waals surface area contributed by atoms with Gasteiger partial charge >= 0.3 is 0 Å². The maximum absolute atomic E-state index is 5.94. The van der Waals surface area contributed by atoms with Crippen LogP contribution in [-0.4, -0.2) is 15.2 Å². The molecule has 0 amide bonds. The molecule has 0 bridgehead atoms. The summed E-state index contributed by atoms with van der Waals surface area (Å²) in [5.41, 5.74) is 1.02. The van der Waals surface area contributed by atoms with Gasteiger partial charge in [-0.1, -0.05) is 11.3 Å². The van der Waals surface area contributed by atoms with Crippen molar-refractivity contribution in [3.8, 4) is 9.88 Å². The minimum Gasteiger partial charge on any atom is -0.246 e. The lowest BCUT2D eigenvalue weighted by Crippen LogP contribution is -1.80. The lowest BCUT2D eigenvalue weighted by atomic mass is 10.4. The molecule has 2 aromatic heterocycles. The minimum absolute atomic E-state index is 0.0782. The summed E-state index contributed by atoms with van der Waals surface area (Å²) in [6, 6.07) is 0. The van der Waals surface area contributed by atoms with Gasteiger partial charge in [-0.05, 0) is 20.8 Å². The molecule has 6 heteroatoms. The molecular formula is C9H10ClN3S2. The van der Waals surface area contributed by atoms with Gasteiger partial charge in [-0.15, -0.1) is 33.1 Å². The second-order valence-electron chi connectivity index (χ2n) is 3.21. The molecule has 80 valence electrons. The maximum atomic E-state index is 5.94. The molecular weight excluding hydrogens is 250 g/mol. The molecule has 0 fully saturated rings. The van der Waals surface area contributed by atoms with E-state index in [1.165, 1.54) is 11.3 Å². The largest absolute Gasteiger partial charge is 0.246 e. The number of thiazole rings is 1. The summed E-state index contributed by atoms with van der Waals surface area (Å²) in [5, 5.41) is 10.9. The monoisotopic (exact) mass is 259 g/mol. The van der Waals surface area contributed by atoms with E-state index in [1.54, 1.807) is 11.3 Å². The molecule has 0 aliphatic heterocycles. The van der Waals surface area contributed by atoms with Crippen LogP contribution in [0.15, 0.2) is 0 Å². The van der Waals surface area contributed by atoms with E-state index in [0.29, 0.717) is 0 Å². The van der Waals surface area contributed by atoms with Crippen LogP contribution in [0.3, 0.4) is 0 Å². The molecule has 0 aliphatic carbocycles. The van der Waals surface area contributed by atoms with Crippen LogP contribution < -0.4 is 0 Å². The quantitative estimate of drug-likeness (QED) is 0.774. The highest BCUT2D eigenvalue weighted by molar-refractivity contribution is 7.21. The number of hydrogen-bond donors (Lipinski definition) is 0. The van der Waals surface area contributed by atoms with Crippen LogP contribution in [0.2, 0.25) is 0 Å². The number of halogens is 1. The molecule has 0 spiro atoms. The topological polar surface area (TPSA) is 38.7 Å². The molecule has 0 aliphatic rings. The zero-order chi connectivity index (χ0) is 11.0. The summed E-state index contributed by atoms with van der Waals surface area (Å²) < 4.78 is 0. The van der Waals surface area contributed by atoms with Crippen LogP contribution in [0.4, 0.5) is 0 Å². The molecule has 1 unspecified atom stereocenters. The SMILES string of the molecule is Cc1nc(C)c(-c2nnc(C(C)Cl)s2)s1. The molecule has 0 aromatic carbocycles. The highest BCUT2D eigenvalue weighted by atomic mass is 35.5. The molecule has 0 N–H and O–H groups in total. The van der Waals surface area contributed by atoms with E-state index >= 15 is 0 Å². The third-order valence-corrected chi connectivity index (χ3v) is 4.55. The fourth-order valence-corrected chi connectivity index (χ4v) is 3.21. The van der Waals surface area contributed by atoms with E-state index < -0.39 is 0 Å². The van der Waals surface area contributed by atoms with Crippen LogP contribution in [0.25, 0.3) is 9.88 Å². The molecule has 0 saturated heterocycles. The fraction of sp³-hybridized carbons (Fsp3) is 0.444. The van der Waals surface area contributed by atoms with E-state index in [9.17, 15) is 0 Å². The van der Waals surface area contributed by atoms with Crippen molar-refractivity contribution in [2.45, 2.75) is 26.1 Å². The van der Waals surface area contributed by atoms with Gasteiger partial charge in [0, 0.05) is 0 Å². The Balaban J connectivity index is 2.41. The van der Waals surface area contributed by atoms with Gasteiger partial charge in [-0.3, -0.25) is 0 Å². The summed E-state index contributed by atoms with van der Waals surface area (Å²) in [4.78, 5) is 5.47. The Morgan fingerprint density at radius 3 is 2.40 bits per heavy atom. The number of hydrogen-bond acceptors (Lipinski definition) is 5. The van der Waals surface area contributed by atoms with Gasteiger partial charge in [0.1, 0.15) is 5.01 Å². The van der Waals surface area contributed by atoms with E-state index in [2.05, 4.69) is 15.2 Å². The first-order valence-corrected chi connectivity index (χ1v) is 6.56. The predicted octanol–water partition coefficient (Wildman–Crippen LogP) is 3.58. The van der Waals surface area contributed by atoms with Crippen molar-refractivity contribution in [1.29, 1.82) is 0 Å². The standard InChI is InChI=1S/C9H10ClN3S2/c1-4(10)8-12-13-9(15-8)7-5(2)11-6(3)14-7/h4H,1-3H3. The third-order valence-electron chi connectivity index (χ3n) is 1.88. The van der Waals surface area contributed by atoms with Crippen molar-refractivity contribution >= 4 is 34.3 Å². The first-order valence-electron chi connectivity index (χ1n) is 4.50. The molecule has 1 atom stereocenters. The number of rotatable bonds is 2. The van der Waals surface area contributed by atoms with Crippen LogP contribution in [-0.2, 0) is 0 Å². The van der Waals surface area contributed by atoms with Gasteiger partial charge in [-0.25, -0.2) is 4.98 Å². The van der Waals surface area contributed by atoms with Crippen molar-refractivity contribution in [2.75, 3.05) is 0 Å². The van der Waals surface area contributed by atoms with E-state index in [-0.39, 0.29) is 5.38 Å². The van der Waals surface area contributed by atoms with Gasteiger partial charge in [0.25, 0.3) is 0 Å². The van der Waals surface area contributed by atoms with Crippen molar-refractivity contribution in [3.63, 3.8) is 0 Å². The number of alkyl halides is 1. The Hall–Kier alpha value is -0.520. The maximum Gasteiger partial charge on any atom is 0.159 e. The Kier molecular flexibility index (Phi) is 3.04. The second-order valence-corrected chi connectivity index (χ2v) is 6.08. The first kappa shape index (κ1) is 11.0. The molecule has 2 aromatic rings. The molecule has 2 rings (SSSR count). The van der Waals surface area contributed by atoms with Crippen molar-refractivity contribution < 1.29 is 0 Å². The fourth-order valence-electron chi connectivity index (χ4n) is 1.22. The third kappa shape index (κ3) is 2.19. The zero-order valence-corrected chi connectivity index (χ0v) is 11.0. The highest BCUT2D eigenvalue weighted by Crippen LogP contribution is 2.34. The second kappa shape index (κ2) is 4.15. The van der Waals surface area contributed by atoms with Gasteiger partial charge < -0.3 is 0 Å². The molecule has 3 nitrogen and oxygen atoms in total. The van der Waals surface area contributed by atoms with Gasteiger partial charge in [-0.2, -0.15) is 0 Å². The molecule has 0 radical (unpaired) electrons. The van der Waals surface area contributed by atoms with E-state index in [1.807, 2.05) is 20.8 Å². The van der Waals surface area contributed by atoms with Crippen LogP contribution in [0, 0.1) is 13.8 Å². The van der Waals surface area contributed by atoms with Crippen LogP contribution in [0.5, 0.6) is 0 Å². The zero-order valence-electron chi connectivity index (χ0n) is 8.61. The predicted molar refractivity (Wildman–Crippen MR) is 64.8 cm³/mol. The molecule has 15 heavy (non-hydrogen) atoms. The van der Waals surface area contributed by atoms with Crippen molar-refractivity contribution in [1.82, 2.24) is 15.2 Å². The molecule has 2 heterocycles. The normalized spacial score (nSPS) is 13.1. The average molecular weight is 260 g/mol. The Bertz CT molecular complexity index is 475. The Morgan fingerprint density at radius 2 is 1.93 bits per heavy atom. The Morgan fingerprint density at radius 1 is 1.20 bits per heavy atom. The summed E-state index contributed by atoms with van der Waals surface area (Å²) >= 11 is 9.13. The molecule has 0 saturated carbocycles. The number of aromatic nitrogens is 3. The summed E-state index contributed by atoms with van der Waals surface area (Å²) in [6.07, 6.45) is 0. The van der Waals surface area contributed by atoms with E-state index in [4.69, 9.17) is 11.6 Å². The highest BCUT2D eigenvalue weighted by Gasteiger charge is 2.14. The van der Waals surface area contributed by atoms with Gasteiger partial charge in [0.05, 0.1) is 21.0 Å². The average Bonchev–Trinajstić information content (AvgIpc) is 2.71.